The molecule has 0 fully saturated rings. The average molecular weight is 442 g/mol. The van der Waals surface area contributed by atoms with Crippen molar-refractivity contribution in [3.63, 3.8) is 0 Å². The first-order valence-electron chi connectivity index (χ1n) is 11.1. The molecule has 0 bridgehead atoms. The van der Waals surface area contributed by atoms with Crippen LogP contribution in [0.1, 0.15) is 15.9 Å². The molecule has 3 nitrogen and oxygen atoms in total. The quantitative estimate of drug-likeness (QED) is 0.215. The molecule has 5 rings (SSSR count). The van der Waals surface area contributed by atoms with Gasteiger partial charge in [0.1, 0.15) is 5.75 Å². The summed E-state index contributed by atoms with van der Waals surface area (Å²) >= 11 is 0. The Labute approximate surface area is 198 Å². The second-order valence-electron chi connectivity index (χ2n) is 7.98. The molecule has 0 aliphatic carbocycles. The van der Waals surface area contributed by atoms with E-state index < -0.39 is 0 Å². The first-order chi connectivity index (χ1) is 16.7. The maximum absolute atomic E-state index is 12.8. The smallest absolute Gasteiger partial charge is 0.189 e. The summed E-state index contributed by atoms with van der Waals surface area (Å²) in [6, 6.07) is 39.5. The number of carbonyl (C=O) groups is 1. The number of anilines is 3. The van der Waals surface area contributed by atoms with Crippen LogP contribution in [0, 0.1) is 0 Å². The van der Waals surface area contributed by atoms with Crippen LogP contribution in [0.25, 0.3) is 16.8 Å². The summed E-state index contributed by atoms with van der Waals surface area (Å²) in [5.74, 6) is -0.216. The summed E-state index contributed by atoms with van der Waals surface area (Å²) in [6.45, 7) is 0. The van der Waals surface area contributed by atoms with Crippen molar-refractivity contribution in [3.05, 3.63) is 139 Å². The van der Waals surface area contributed by atoms with E-state index in [0.717, 1.165) is 28.0 Å². The van der Waals surface area contributed by atoms with Gasteiger partial charge in [-0.05, 0) is 59.5 Å². The Morgan fingerprint density at radius 2 is 1.18 bits per heavy atom. The van der Waals surface area contributed by atoms with Gasteiger partial charge in [0.15, 0.2) is 5.78 Å². The molecule has 164 valence electrons. The van der Waals surface area contributed by atoms with Gasteiger partial charge in [-0.15, -0.1) is 0 Å². The predicted molar refractivity (Wildman–Crippen MR) is 140 cm³/mol. The van der Waals surface area contributed by atoms with Gasteiger partial charge in [-0.3, -0.25) is 4.79 Å². The van der Waals surface area contributed by atoms with E-state index in [1.807, 2.05) is 91.0 Å². The van der Waals surface area contributed by atoms with Crippen LogP contribution >= 0.6 is 0 Å². The van der Waals surface area contributed by atoms with Crippen molar-refractivity contribution in [2.24, 2.45) is 0 Å². The Kier molecular flexibility index (Phi) is 5.91. The summed E-state index contributed by atoms with van der Waals surface area (Å²) in [5, 5.41) is 12.1. The van der Waals surface area contributed by atoms with Crippen LogP contribution < -0.4 is 4.90 Å². The van der Waals surface area contributed by atoms with Gasteiger partial charge in [0, 0.05) is 22.4 Å². The summed E-state index contributed by atoms with van der Waals surface area (Å²) in [6.07, 6.45) is 3.28. The average Bonchev–Trinajstić information content (AvgIpc) is 2.90. The number of carbonyl (C=O) groups excluding carboxylic acids is 1. The molecular weight excluding hydrogens is 418 g/mol. The summed E-state index contributed by atoms with van der Waals surface area (Å²) in [5.41, 5.74) is 4.36. The normalized spacial score (nSPS) is 11.1. The fourth-order valence-electron chi connectivity index (χ4n) is 4.05. The lowest BCUT2D eigenvalue weighted by molar-refractivity contribution is 0.104. The van der Waals surface area contributed by atoms with Crippen LogP contribution in [0.3, 0.4) is 0 Å². The topological polar surface area (TPSA) is 40.5 Å². The van der Waals surface area contributed by atoms with Crippen LogP contribution in [-0.2, 0) is 0 Å². The highest BCUT2D eigenvalue weighted by molar-refractivity contribution is 6.11. The lowest BCUT2D eigenvalue weighted by Gasteiger charge is -2.25. The molecule has 34 heavy (non-hydrogen) atoms. The SMILES string of the molecule is O=C(/C=C/c1ccc(N(c2ccccc2)c2ccccc2)cc1)c1ccc2ccccc2c1O. The number of phenolic OH excluding ortho intramolecular Hbond substituents is 1. The van der Waals surface area contributed by atoms with Crippen molar-refractivity contribution >= 4 is 39.7 Å². The monoisotopic (exact) mass is 441 g/mol. The number of para-hydroxylation sites is 2. The van der Waals surface area contributed by atoms with Gasteiger partial charge < -0.3 is 10.0 Å². The first kappa shape index (κ1) is 21.2. The minimum absolute atomic E-state index is 0.0180. The van der Waals surface area contributed by atoms with Crippen LogP contribution in [0.5, 0.6) is 5.75 Å². The predicted octanol–water partition coefficient (Wildman–Crippen LogP) is 7.91. The maximum Gasteiger partial charge on any atom is 0.189 e. The van der Waals surface area contributed by atoms with Crippen LogP contribution in [-0.4, -0.2) is 10.9 Å². The molecule has 5 aromatic carbocycles. The van der Waals surface area contributed by atoms with Gasteiger partial charge in [-0.25, -0.2) is 0 Å². The molecule has 1 N–H and O–H groups in total. The number of hydrogen-bond acceptors (Lipinski definition) is 3. The third-order valence-electron chi connectivity index (χ3n) is 5.77. The molecule has 5 aromatic rings. The van der Waals surface area contributed by atoms with E-state index in [9.17, 15) is 9.90 Å². The Morgan fingerprint density at radius 3 is 1.82 bits per heavy atom. The maximum atomic E-state index is 12.8. The molecule has 0 saturated carbocycles. The molecule has 0 aliphatic rings. The van der Waals surface area contributed by atoms with Crippen molar-refractivity contribution in [3.8, 4) is 5.75 Å². The lowest BCUT2D eigenvalue weighted by Crippen LogP contribution is -2.09. The fourth-order valence-corrected chi connectivity index (χ4v) is 4.05. The van der Waals surface area contributed by atoms with E-state index in [-0.39, 0.29) is 11.5 Å². The molecule has 0 unspecified atom stereocenters. The zero-order chi connectivity index (χ0) is 23.3. The summed E-state index contributed by atoms with van der Waals surface area (Å²) in [7, 11) is 0. The molecule has 0 radical (unpaired) electrons. The minimum atomic E-state index is -0.234. The van der Waals surface area contributed by atoms with E-state index >= 15 is 0 Å². The molecule has 0 aliphatic heterocycles. The number of benzene rings is 5. The minimum Gasteiger partial charge on any atom is -0.507 e. The first-order valence-corrected chi connectivity index (χ1v) is 11.1. The standard InChI is InChI=1S/C31H23NO2/c33-30(29-21-18-24-9-7-8-14-28(24)31(29)34)22-17-23-15-19-27(20-16-23)32(25-10-3-1-4-11-25)26-12-5-2-6-13-26/h1-22,34H/b22-17+. The second-order valence-corrected chi connectivity index (χ2v) is 7.98. The zero-order valence-corrected chi connectivity index (χ0v) is 18.5. The highest BCUT2D eigenvalue weighted by Gasteiger charge is 2.13. The number of ketones is 1. The van der Waals surface area contributed by atoms with Crippen LogP contribution in [0.2, 0.25) is 0 Å². The number of rotatable bonds is 6. The second kappa shape index (κ2) is 9.47. The van der Waals surface area contributed by atoms with Crippen LogP contribution in [0.4, 0.5) is 17.1 Å². The molecule has 3 heteroatoms. The molecule has 0 aromatic heterocycles. The lowest BCUT2D eigenvalue weighted by atomic mass is 10.0. The molecule has 0 amide bonds. The summed E-state index contributed by atoms with van der Waals surface area (Å²) < 4.78 is 0. The Hall–Kier alpha value is -4.63. The number of allylic oxidation sites excluding steroid dienone is 1. The molecule has 0 saturated heterocycles. The largest absolute Gasteiger partial charge is 0.507 e. The van der Waals surface area contributed by atoms with Crippen molar-refractivity contribution in [1.29, 1.82) is 0 Å². The summed E-state index contributed by atoms with van der Waals surface area (Å²) in [4.78, 5) is 15.0. The number of hydrogen-bond donors (Lipinski definition) is 1. The third-order valence-corrected chi connectivity index (χ3v) is 5.77. The number of nitrogens with zero attached hydrogens (tertiary/aromatic N) is 1. The van der Waals surface area contributed by atoms with Crippen LogP contribution in [0.15, 0.2) is 127 Å². The Bertz CT molecular complexity index is 1420. The van der Waals surface area contributed by atoms with E-state index in [0.29, 0.717) is 10.9 Å². The zero-order valence-electron chi connectivity index (χ0n) is 18.5. The highest BCUT2D eigenvalue weighted by Crippen LogP contribution is 2.34. The van der Waals surface area contributed by atoms with Gasteiger partial charge in [0.2, 0.25) is 0 Å². The van der Waals surface area contributed by atoms with Crippen molar-refractivity contribution in [2.75, 3.05) is 4.90 Å². The van der Waals surface area contributed by atoms with Crippen molar-refractivity contribution < 1.29 is 9.90 Å². The van der Waals surface area contributed by atoms with Crippen molar-refractivity contribution in [2.45, 2.75) is 0 Å². The number of aromatic hydroxyl groups is 1. The molecule has 0 heterocycles. The Morgan fingerprint density at radius 1 is 0.618 bits per heavy atom. The van der Waals surface area contributed by atoms with Gasteiger partial charge in [0.25, 0.3) is 0 Å². The molecular formula is C31H23NO2. The molecule has 0 spiro atoms. The van der Waals surface area contributed by atoms with Gasteiger partial charge >= 0.3 is 0 Å². The van der Waals surface area contributed by atoms with Gasteiger partial charge in [0.05, 0.1) is 5.56 Å². The third kappa shape index (κ3) is 4.32. The Balaban J connectivity index is 1.40. The van der Waals surface area contributed by atoms with Gasteiger partial charge in [-0.1, -0.05) is 84.9 Å². The number of phenols is 1. The highest BCUT2D eigenvalue weighted by atomic mass is 16.3. The van der Waals surface area contributed by atoms with E-state index in [2.05, 4.69) is 29.2 Å². The fraction of sp³-hybridized carbons (Fsp3) is 0. The van der Waals surface area contributed by atoms with Gasteiger partial charge in [-0.2, -0.15) is 0 Å². The number of fused-ring (bicyclic) bond motifs is 1. The van der Waals surface area contributed by atoms with Crippen molar-refractivity contribution in [1.82, 2.24) is 0 Å². The van der Waals surface area contributed by atoms with E-state index in [1.54, 1.807) is 12.1 Å². The molecule has 0 atom stereocenters. The van der Waals surface area contributed by atoms with E-state index in [4.69, 9.17) is 0 Å². The van der Waals surface area contributed by atoms with E-state index in [1.165, 1.54) is 6.08 Å².